The highest BCUT2D eigenvalue weighted by Crippen LogP contribution is 2.35. The molecule has 0 saturated heterocycles. The summed E-state index contributed by atoms with van der Waals surface area (Å²) in [6.07, 6.45) is -0.315. The minimum absolute atomic E-state index is 0.0599. The van der Waals surface area contributed by atoms with Crippen molar-refractivity contribution in [2.45, 2.75) is 37.8 Å². The van der Waals surface area contributed by atoms with E-state index in [1.165, 1.54) is 12.1 Å². The number of aliphatic hydroxyl groups is 1. The summed E-state index contributed by atoms with van der Waals surface area (Å²) >= 11 is 0. The fourth-order valence-electron chi connectivity index (χ4n) is 3.69. The third-order valence-corrected chi connectivity index (χ3v) is 7.05. The molecule has 32 heavy (non-hydrogen) atoms. The minimum atomic E-state index is -3.89. The van der Waals surface area contributed by atoms with Gasteiger partial charge in [-0.2, -0.15) is 0 Å². The van der Waals surface area contributed by atoms with E-state index in [4.69, 9.17) is 4.74 Å². The van der Waals surface area contributed by atoms with E-state index in [-0.39, 0.29) is 52.5 Å². The molecule has 0 aliphatic carbocycles. The van der Waals surface area contributed by atoms with Crippen LogP contribution in [-0.2, 0) is 10.0 Å². The number of carbonyl (C=O) groups is 1. The Kier molecular flexibility index (Phi) is 7.43. The SMILES string of the molecule is CNC[C@H]1Oc2c(NS(=O)(=O)c3ccc(C)cc3)cccc2C(=O)N([C@H](C)CO)C[C@H]1C. The van der Waals surface area contributed by atoms with Crippen molar-refractivity contribution in [2.24, 2.45) is 5.92 Å². The maximum atomic E-state index is 13.4. The molecule has 9 heteroatoms. The molecule has 0 aromatic heterocycles. The smallest absolute Gasteiger partial charge is 0.262 e. The molecule has 0 bridgehead atoms. The molecule has 0 saturated carbocycles. The van der Waals surface area contributed by atoms with E-state index in [0.29, 0.717) is 13.1 Å². The summed E-state index contributed by atoms with van der Waals surface area (Å²) in [6, 6.07) is 10.9. The van der Waals surface area contributed by atoms with Gasteiger partial charge in [0, 0.05) is 19.0 Å². The first-order valence-corrected chi connectivity index (χ1v) is 12.1. The van der Waals surface area contributed by atoms with Crippen LogP contribution in [0.3, 0.4) is 0 Å². The maximum Gasteiger partial charge on any atom is 0.262 e. The molecule has 8 nitrogen and oxygen atoms in total. The summed E-state index contributed by atoms with van der Waals surface area (Å²) in [7, 11) is -2.08. The van der Waals surface area contributed by atoms with Gasteiger partial charge in [0.15, 0.2) is 5.75 Å². The first-order valence-electron chi connectivity index (χ1n) is 10.6. The number of nitrogens with one attached hydrogen (secondary N) is 2. The van der Waals surface area contributed by atoms with Crippen LogP contribution in [-0.4, -0.2) is 63.2 Å². The third kappa shape index (κ3) is 5.06. The van der Waals surface area contributed by atoms with Crippen molar-refractivity contribution in [2.75, 3.05) is 31.5 Å². The highest BCUT2D eigenvalue weighted by Gasteiger charge is 2.34. The van der Waals surface area contributed by atoms with Crippen molar-refractivity contribution < 1.29 is 23.1 Å². The van der Waals surface area contributed by atoms with Crippen molar-refractivity contribution in [3.8, 4) is 5.75 Å². The quantitative estimate of drug-likeness (QED) is 0.584. The Morgan fingerprint density at radius 3 is 2.53 bits per heavy atom. The van der Waals surface area contributed by atoms with E-state index >= 15 is 0 Å². The highest BCUT2D eigenvalue weighted by molar-refractivity contribution is 7.92. The van der Waals surface area contributed by atoms with Crippen LogP contribution in [0.1, 0.15) is 29.8 Å². The lowest BCUT2D eigenvalue weighted by molar-refractivity contribution is 0.0417. The molecular weight excluding hydrogens is 430 g/mol. The summed E-state index contributed by atoms with van der Waals surface area (Å²) in [4.78, 5) is 15.1. The largest absolute Gasteiger partial charge is 0.486 e. The van der Waals surface area contributed by atoms with Gasteiger partial charge in [-0.3, -0.25) is 9.52 Å². The third-order valence-electron chi connectivity index (χ3n) is 5.67. The number of benzene rings is 2. The molecule has 2 aromatic rings. The molecule has 1 aliphatic rings. The molecule has 1 aliphatic heterocycles. The normalized spacial score (nSPS) is 20.0. The molecular formula is C23H31N3O5S. The topological polar surface area (TPSA) is 108 Å². The number of rotatable bonds is 7. The van der Waals surface area contributed by atoms with E-state index < -0.39 is 10.0 Å². The zero-order valence-corrected chi connectivity index (χ0v) is 19.6. The molecule has 174 valence electrons. The number of aliphatic hydroxyl groups excluding tert-OH is 1. The van der Waals surface area contributed by atoms with Gasteiger partial charge in [0.1, 0.15) is 6.10 Å². The van der Waals surface area contributed by atoms with Gasteiger partial charge in [-0.15, -0.1) is 0 Å². The number of fused-ring (bicyclic) bond motifs is 1. The Morgan fingerprint density at radius 1 is 1.22 bits per heavy atom. The lowest BCUT2D eigenvalue weighted by Gasteiger charge is -2.37. The predicted octanol–water partition coefficient (Wildman–Crippen LogP) is 2.24. The average Bonchev–Trinajstić information content (AvgIpc) is 2.76. The monoisotopic (exact) mass is 461 g/mol. The Hall–Kier alpha value is -2.62. The number of nitrogens with zero attached hydrogens (tertiary/aromatic N) is 1. The summed E-state index contributed by atoms with van der Waals surface area (Å²) in [5.74, 6) is -0.182. The number of carbonyl (C=O) groups excluding carboxylic acids is 1. The van der Waals surface area contributed by atoms with Crippen molar-refractivity contribution in [1.29, 1.82) is 0 Å². The number of hydrogen-bond acceptors (Lipinski definition) is 6. The Balaban J connectivity index is 2.08. The number of aryl methyl sites for hydroxylation is 1. The van der Waals surface area contributed by atoms with Gasteiger partial charge in [-0.25, -0.2) is 8.42 Å². The number of para-hydroxylation sites is 1. The summed E-state index contributed by atoms with van der Waals surface area (Å²) in [6.45, 7) is 6.37. The summed E-state index contributed by atoms with van der Waals surface area (Å²) in [5, 5.41) is 12.8. The van der Waals surface area contributed by atoms with Crippen LogP contribution >= 0.6 is 0 Å². The van der Waals surface area contributed by atoms with Gasteiger partial charge < -0.3 is 20.1 Å². The van der Waals surface area contributed by atoms with Crippen LogP contribution in [0.2, 0.25) is 0 Å². The molecule has 2 aromatic carbocycles. The maximum absolute atomic E-state index is 13.4. The number of amides is 1. The fraction of sp³-hybridized carbons (Fsp3) is 0.435. The molecule has 3 rings (SSSR count). The van der Waals surface area contributed by atoms with Crippen LogP contribution < -0.4 is 14.8 Å². The van der Waals surface area contributed by atoms with Crippen molar-refractivity contribution in [3.63, 3.8) is 0 Å². The van der Waals surface area contributed by atoms with Gasteiger partial charge >= 0.3 is 0 Å². The van der Waals surface area contributed by atoms with Crippen LogP contribution in [0.4, 0.5) is 5.69 Å². The Labute approximate surface area is 189 Å². The van der Waals surface area contributed by atoms with E-state index in [2.05, 4.69) is 10.0 Å². The van der Waals surface area contributed by atoms with E-state index in [1.807, 2.05) is 13.8 Å². The molecule has 1 heterocycles. The van der Waals surface area contributed by atoms with E-state index in [1.54, 1.807) is 49.2 Å². The van der Waals surface area contributed by atoms with Crippen molar-refractivity contribution >= 4 is 21.6 Å². The zero-order valence-electron chi connectivity index (χ0n) is 18.8. The van der Waals surface area contributed by atoms with Crippen LogP contribution in [0.25, 0.3) is 0 Å². The lowest BCUT2D eigenvalue weighted by atomic mass is 9.99. The summed E-state index contributed by atoms with van der Waals surface area (Å²) < 4.78 is 34.9. The first kappa shape index (κ1) is 24.0. The van der Waals surface area contributed by atoms with Gasteiger partial charge in [0.25, 0.3) is 15.9 Å². The highest BCUT2D eigenvalue weighted by atomic mass is 32.2. The summed E-state index contributed by atoms with van der Waals surface area (Å²) in [5.41, 5.74) is 1.40. The Morgan fingerprint density at radius 2 is 1.91 bits per heavy atom. The van der Waals surface area contributed by atoms with Crippen molar-refractivity contribution in [3.05, 3.63) is 53.6 Å². The fourth-order valence-corrected chi connectivity index (χ4v) is 4.75. The number of hydrogen-bond donors (Lipinski definition) is 3. The Bertz CT molecular complexity index is 1060. The molecule has 0 unspecified atom stereocenters. The number of anilines is 1. The second-order valence-corrected chi connectivity index (χ2v) is 9.96. The number of likely N-dealkylation sites (N-methyl/N-ethyl adjacent to an activating group) is 1. The number of sulfonamides is 1. The predicted molar refractivity (Wildman–Crippen MR) is 124 cm³/mol. The zero-order chi connectivity index (χ0) is 23.5. The van der Waals surface area contributed by atoms with Crippen LogP contribution in [0.15, 0.2) is 47.4 Å². The van der Waals surface area contributed by atoms with Gasteiger partial charge in [0.05, 0.1) is 28.8 Å². The number of ether oxygens (including phenoxy) is 1. The molecule has 1 amide bonds. The van der Waals surface area contributed by atoms with E-state index in [0.717, 1.165) is 5.56 Å². The lowest BCUT2D eigenvalue weighted by Crippen LogP contribution is -2.49. The second kappa shape index (κ2) is 9.89. The minimum Gasteiger partial charge on any atom is -0.486 e. The molecule has 0 fully saturated rings. The molecule has 0 spiro atoms. The van der Waals surface area contributed by atoms with Crippen molar-refractivity contribution in [1.82, 2.24) is 10.2 Å². The first-order chi connectivity index (χ1) is 15.2. The standard InChI is InChI=1S/C23H31N3O5S/c1-15-8-10-18(11-9-15)32(29,30)25-20-7-5-6-19-22(20)31-21(12-24-4)16(2)13-26(23(19)28)17(3)14-27/h5-11,16-17,21,24-25,27H,12-14H2,1-4H3/t16-,17-,21-/m1/s1. The van der Waals surface area contributed by atoms with E-state index in [9.17, 15) is 18.3 Å². The second-order valence-electron chi connectivity index (χ2n) is 8.28. The van der Waals surface area contributed by atoms with Gasteiger partial charge in [-0.05, 0) is 45.2 Å². The van der Waals surface area contributed by atoms with Crippen LogP contribution in [0, 0.1) is 12.8 Å². The van der Waals surface area contributed by atoms with Gasteiger partial charge in [-0.1, -0.05) is 30.7 Å². The molecule has 3 atom stereocenters. The molecule has 3 N–H and O–H groups in total. The average molecular weight is 462 g/mol. The van der Waals surface area contributed by atoms with Crippen LogP contribution in [0.5, 0.6) is 5.75 Å². The molecule has 0 radical (unpaired) electrons. The van der Waals surface area contributed by atoms with Gasteiger partial charge in [0.2, 0.25) is 0 Å².